The summed E-state index contributed by atoms with van der Waals surface area (Å²) in [6, 6.07) is 0.0844. The standard InChI is InChI=1S/C10H20N2O3/c1-10(2,3)14-9(13)15-12-6-4-5-8(11)7-12/h8H,4-7,11H2,1-3H3. The second kappa shape index (κ2) is 4.81. The van der Waals surface area contributed by atoms with Crippen LogP contribution in [0.3, 0.4) is 0 Å². The van der Waals surface area contributed by atoms with Crippen LogP contribution in [-0.4, -0.2) is 36.0 Å². The molecule has 0 spiro atoms. The van der Waals surface area contributed by atoms with Gasteiger partial charge in [0.25, 0.3) is 0 Å². The first-order chi connectivity index (χ1) is 6.87. The van der Waals surface area contributed by atoms with Crippen LogP contribution in [0.5, 0.6) is 0 Å². The Hall–Kier alpha value is -0.810. The van der Waals surface area contributed by atoms with E-state index in [9.17, 15) is 4.79 Å². The number of rotatable bonds is 1. The quantitative estimate of drug-likeness (QED) is 0.669. The van der Waals surface area contributed by atoms with E-state index in [1.165, 1.54) is 0 Å². The van der Waals surface area contributed by atoms with E-state index in [-0.39, 0.29) is 6.04 Å². The molecular formula is C10H20N2O3. The maximum absolute atomic E-state index is 11.3. The molecule has 1 fully saturated rings. The molecule has 5 heteroatoms. The molecule has 1 atom stereocenters. The van der Waals surface area contributed by atoms with Gasteiger partial charge in [-0.15, -0.1) is 5.06 Å². The van der Waals surface area contributed by atoms with Crippen LogP contribution < -0.4 is 5.73 Å². The number of ether oxygens (including phenoxy) is 1. The third-order valence-electron chi connectivity index (χ3n) is 2.01. The van der Waals surface area contributed by atoms with Gasteiger partial charge in [-0.1, -0.05) is 0 Å². The molecule has 1 saturated heterocycles. The Kier molecular flexibility index (Phi) is 3.93. The molecule has 2 N–H and O–H groups in total. The molecule has 5 nitrogen and oxygen atoms in total. The van der Waals surface area contributed by atoms with Crippen LogP contribution >= 0.6 is 0 Å². The molecule has 1 aliphatic rings. The number of hydroxylamine groups is 2. The first kappa shape index (κ1) is 12.3. The van der Waals surface area contributed by atoms with Crippen LogP contribution in [0, 0.1) is 0 Å². The summed E-state index contributed by atoms with van der Waals surface area (Å²) in [5.41, 5.74) is 5.24. The van der Waals surface area contributed by atoms with Crippen LogP contribution in [0.2, 0.25) is 0 Å². The van der Waals surface area contributed by atoms with Gasteiger partial charge in [0, 0.05) is 12.6 Å². The van der Waals surface area contributed by atoms with Crippen molar-refractivity contribution in [2.45, 2.75) is 45.3 Å². The highest BCUT2D eigenvalue weighted by atomic mass is 16.8. The van der Waals surface area contributed by atoms with Gasteiger partial charge in [0.1, 0.15) is 5.60 Å². The van der Waals surface area contributed by atoms with Crippen molar-refractivity contribution in [1.29, 1.82) is 0 Å². The molecule has 15 heavy (non-hydrogen) atoms. The lowest BCUT2D eigenvalue weighted by Gasteiger charge is -2.29. The number of hydrogen-bond acceptors (Lipinski definition) is 5. The van der Waals surface area contributed by atoms with E-state index in [1.807, 2.05) is 0 Å². The predicted molar refractivity (Wildman–Crippen MR) is 56.1 cm³/mol. The molecule has 0 radical (unpaired) electrons. The van der Waals surface area contributed by atoms with E-state index >= 15 is 0 Å². The first-order valence-corrected chi connectivity index (χ1v) is 5.28. The SMILES string of the molecule is CC(C)(C)OC(=O)ON1CCCC(N)C1. The first-order valence-electron chi connectivity index (χ1n) is 5.28. The average Bonchev–Trinajstić information content (AvgIpc) is 1.99. The van der Waals surface area contributed by atoms with E-state index in [0.717, 1.165) is 19.4 Å². The van der Waals surface area contributed by atoms with Gasteiger partial charge in [-0.2, -0.15) is 0 Å². The second-order valence-corrected chi connectivity index (χ2v) is 4.85. The lowest BCUT2D eigenvalue weighted by molar-refractivity contribution is -0.152. The monoisotopic (exact) mass is 216 g/mol. The number of nitrogens with zero attached hydrogens (tertiary/aromatic N) is 1. The van der Waals surface area contributed by atoms with Crippen molar-refractivity contribution < 1.29 is 14.4 Å². The normalized spacial score (nSPS) is 23.6. The fourth-order valence-electron chi connectivity index (χ4n) is 1.43. The van der Waals surface area contributed by atoms with Crippen LogP contribution in [-0.2, 0) is 9.57 Å². The van der Waals surface area contributed by atoms with Crippen molar-refractivity contribution in [3.63, 3.8) is 0 Å². The minimum Gasteiger partial charge on any atom is -0.427 e. The highest BCUT2D eigenvalue weighted by Gasteiger charge is 2.23. The summed E-state index contributed by atoms with van der Waals surface area (Å²) in [5, 5.41) is 1.57. The molecule has 88 valence electrons. The van der Waals surface area contributed by atoms with Crippen LogP contribution in [0.1, 0.15) is 33.6 Å². The van der Waals surface area contributed by atoms with Crippen molar-refractivity contribution in [2.75, 3.05) is 13.1 Å². The highest BCUT2D eigenvalue weighted by molar-refractivity contribution is 5.60. The molecule has 0 aromatic heterocycles. The van der Waals surface area contributed by atoms with E-state index in [2.05, 4.69) is 0 Å². The van der Waals surface area contributed by atoms with Crippen molar-refractivity contribution in [3.8, 4) is 0 Å². The molecule has 0 aromatic rings. The van der Waals surface area contributed by atoms with Crippen LogP contribution in [0.4, 0.5) is 4.79 Å². The number of hydrogen-bond donors (Lipinski definition) is 1. The fourth-order valence-corrected chi connectivity index (χ4v) is 1.43. The number of nitrogens with two attached hydrogens (primary N) is 1. The van der Waals surface area contributed by atoms with Gasteiger partial charge in [0.2, 0.25) is 0 Å². The number of carbonyl (C=O) groups is 1. The Balaban J connectivity index is 2.31. The zero-order chi connectivity index (χ0) is 11.5. The maximum Gasteiger partial charge on any atom is 0.528 e. The second-order valence-electron chi connectivity index (χ2n) is 4.85. The summed E-state index contributed by atoms with van der Waals surface area (Å²) in [7, 11) is 0. The largest absolute Gasteiger partial charge is 0.528 e. The lowest BCUT2D eigenvalue weighted by Crippen LogP contribution is -2.44. The summed E-state index contributed by atoms with van der Waals surface area (Å²) in [6.07, 6.45) is 1.27. The Labute approximate surface area is 90.5 Å². The molecule has 1 aliphatic heterocycles. The summed E-state index contributed by atoms with van der Waals surface area (Å²) < 4.78 is 5.03. The van der Waals surface area contributed by atoms with E-state index in [0.29, 0.717) is 6.54 Å². The van der Waals surface area contributed by atoms with Crippen molar-refractivity contribution in [2.24, 2.45) is 5.73 Å². The smallest absolute Gasteiger partial charge is 0.427 e. The van der Waals surface area contributed by atoms with Gasteiger partial charge >= 0.3 is 6.16 Å². The Morgan fingerprint density at radius 1 is 1.47 bits per heavy atom. The van der Waals surface area contributed by atoms with Gasteiger partial charge in [0.05, 0.1) is 6.54 Å². The minimum atomic E-state index is -0.656. The average molecular weight is 216 g/mol. The number of piperidine rings is 1. The zero-order valence-corrected chi connectivity index (χ0v) is 9.66. The predicted octanol–water partition coefficient (Wildman–Crippen LogP) is 1.28. The zero-order valence-electron chi connectivity index (χ0n) is 9.66. The molecule has 1 rings (SSSR count). The third kappa shape index (κ3) is 4.99. The van der Waals surface area contributed by atoms with Crippen molar-refractivity contribution in [1.82, 2.24) is 5.06 Å². The van der Waals surface area contributed by atoms with Crippen molar-refractivity contribution >= 4 is 6.16 Å². The van der Waals surface area contributed by atoms with Crippen LogP contribution in [0.15, 0.2) is 0 Å². The molecule has 0 amide bonds. The van der Waals surface area contributed by atoms with Crippen LogP contribution in [0.25, 0.3) is 0 Å². The Bertz CT molecular complexity index is 225. The fraction of sp³-hybridized carbons (Fsp3) is 0.900. The molecule has 0 aromatic carbocycles. The summed E-state index contributed by atoms with van der Waals surface area (Å²) >= 11 is 0. The maximum atomic E-state index is 11.3. The van der Waals surface area contributed by atoms with Gasteiger partial charge in [-0.3, -0.25) is 0 Å². The molecule has 0 aliphatic carbocycles. The summed E-state index contributed by atoms with van der Waals surface area (Å²) in [6.45, 7) is 6.72. The molecule has 0 bridgehead atoms. The van der Waals surface area contributed by atoms with Gasteiger partial charge in [0.15, 0.2) is 0 Å². The molecule has 1 unspecified atom stereocenters. The summed E-state index contributed by atoms with van der Waals surface area (Å²) in [4.78, 5) is 16.3. The Morgan fingerprint density at radius 3 is 2.67 bits per heavy atom. The van der Waals surface area contributed by atoms with E-state index in [1.54, 1.807) is 25.8 Å². The lowest BCUT2D eigenvalue weighted by atomic mass is 10.1. The Morgan fingerprint density at radius 2 is 2.13 bits per heavy atom. The third-order valence-corrected chi connectivity index (χ3v) is 2.01. The molecule has 0 saturated carbocycles. The topological polar surface area (TPSA) is 64.8 Å². The van der Waals surface area contributed by atoms with Gasteiger partial charge in [-0.25, -0.2) is 4.79 Å². The van der Waals surface area contributed by atoms with Gasteiger partial charge < -0.3 is 15.3 Å². The molecule has 1 heterocycles. The minimum absolute atomic E-state index is 0.0844. The van der Waals surface area contributed by atoms with Gasteiger partial charge in [-0.05, 0) is 33.6 Å². The van der Waals surface area contributed by atoms with E-state index < -0.39 is 11.8 Å². The van der Waals surface area contributed by atoms with E-state index in [4.69, 9.17) is 15.3 Å². The number of carbonyl (C=O) groups excluding carboxylic acids is 1. The summed E-state index contributed by atoms with van der Waals surface area (Å²) in [5.74, 6) is 0. The van der Waals surface area contributed by atoms with Crippen molar-refractivity contribution in [3.05, 3.63) is 0 Å². The highest BCUT2D eigenvalue weighted by Crippen LogP contribution is 2.12. The molecular weight excluding hydrogens is 196 g/mol.